The van der Waals surface area contributed by atoms with Gasteiger partial charge in [-0.15, -0.1) is 0 Å². The molecule has 6 heteroatoms. The third-order valence-corrected chi connectivity index (χ3v) is 7.36. The van der Waals surface area contributed by atoms with Gasteiger partial charge in [0.05, 0.1) is 6.61 Å². The summed E-state index contributed by atoms with van der Waals surface area (Å²) in [5, 5.41) is 11.1. The molecule has 1 aromatic carbocycles. The van der Waals surface area contributed by atoms with Gasteiger partial charge in [0.2, 0.25) is 0 Å². The minimum atomic E-state index is -1.23. The number of hydrogen-bond acceptors (Lipinski definition) is 6. The van der Waals surface area contributed by atoms with Crippen molar-refractivity contribution in [1.29, 1.82) is 0 Å². The Morgan fingerprint density at radius 1 is 1.18 bits per heavy atom. The SMILES string of the molecule is COCc1ccc(CCC(C)/C=C/C=C(\C)[C@H]2OC(=O)C[C@H](C)CC[C@@](C)(O)[C@@H](OC(C)=O)/C=C/[C@@H]2C)cc1. The minimum absolute atomic E-state index is 0.0301. The largest absolute Gasteiger partial charge is 0.457 e. The van der Waals surface area contributed by atoms with Crippen LogP contribution in [0.1, 0.15) is 78.4 Å². The Hall–Kier alpha value is -2.70. The lowest BCUT2D eigenvalue weighted by Gasteiger charge is -2.32. The first kappa shape index (κ1) is 32.5. The maximum atomic E-state index is 12.8. The van der Waals surface area contributed by atoms with Gasteiger partial charge in [0, 0.05) is 26.4 Å². The monoisotopic (exact) mass is 540 g/mol. The van der Waals surface area contributed by atoms with Crippen LogP contribution in [-0.4, -0.2) is 42.0 Å². The van der Waals surface area contributed by atoms with Crippen LogP contribution in [0.3, 0.4) is 0 Å². The number of carbonyl (C=O) groups is 2. The lowest BCUT2D eigenvalue weighted by atomic mass is 9.87. The topological polar surface area (TPSA) is 82.1 Å². The van der Waals surface area contributed by atoms with Gasteiger partial charge in [-0.2, -0.15) is 0 Å². The Morgan fingerprint density at radius 2 is 1.85 bits per heavy atom. The second-order valence-corrected chi connectivity index (χ2v) is 11.5. The molecule has 6 atom stereocenters. The van der Waals surface area contributed by atoms with Crippen LogP contribution in [0.2, 0.25) is 0 Å². The number of aliphatic hydroxyl groups is 1. The fourth-order valence-corrected chi connectivity index (χ4v) is 4.75. The van der Waals surface area contributed by atoms with Crippen molar-refractivity contribution in [2.75, 3.05) is 7.11 Å². The van der Waals surface area contributed by atoms with E-state index < -0.39 is 23.8 Å². The van der Waals surface area contributed by atoms with Crippen molar-refractivity contribution in [2.24, 2.45) is 17.8 Å². The summed E-state index contributed by atoms with van der Waals surface area (Å²) in [5.74, 6) is -0.454. The number of ether oxygens (including phenoxy) is 3. The average molecular weight is 541 g/mol. The maximum Gasteiger partial charge on any atom is 0.306 e. The first-order valence-corrected chi connectivity index (χ1v) is 14.1. The Bertz CT molecular complexity index is 1000. The summed E-state index contributed by atoms with van der Waals surface area (Å²) in [6.07, 6.45) is 11.9. The predicted octanol–water partition coefficient (Wildman–Crippen LogP) is 6.51. The first-order chi connectivity index (χ1) is 18.4. The number of rotatable bonds is 9. The van der Waals surface area contributed by atoms with Crippen LogP contribution in [0.25, 0.3) is 0 Å². The molecule has 6 nitrogen and oxygen atoms in total. The number of allylic oxidation sites excluding steroid dienone is 3. The van der Waals surface area contributed by atoms with Crippen molar-refractivity contribution in [2.45, 2.75) is 98.1 Å². The molecule has 39 heavy (non-hydrogen) atoms. The fourth-order valence-electron chi connectivity index (χ4n) is 4.75. The highest BCUT2D eigenvalue weighted by Gasteiger charge is 2.34. The highest BCUT2D eigenvalue weighted by Crippen LogP contribution is 2.28. The van der Waals surface area contributed by atoms with Gasteiger partial charge in [-0.05, 0) is 74.1 Å². The summed E-state index contributed by atoms with van der Waals surface area (Å²) >= 11 is 0. The van der Waals surface area contributed by atoms with Crippen molar-refractivity contribution in [3.05, 3.63) is 71.3 Å². The maximum absolute atomic E-state index is 12.8. The minimum Gasteiger partial charge on any atom is -0.457 e. The number of hydrogen-bond donors (Lipinski definition) is 1. The van der Waals surface area contributed by atoms with Crippen LogP contribution in [0.5, 0.6) is 0 Å². The summed E-state index contributed by atoms with van der Waals surface area (Å²) in [7, 11) is 1.70. The normalized spacial score (nSPS) is 28.7. The van der Waals surface area contributed by atoms with Gasteiger partial charge in [0.15, 0.2) is 0 Å². The lowest BCUT2D eigenvalue weighted by molar-refractivity contribution is -0.156. The zero-order valence-electron chi connectivity index (χ0n) is 24.8. The molecule has 1 aliphatic heterocycles. The highest BCUT2D eigenvalue weighted by molar-refractivity contribution is 5.70. The number of benzene rings is 1. The molecule has 0 saturated carbocycles. The number of cyclic esters (lactones) is 1. The summed E-state index contributed by atoms with van der Waals surface area (Å²) in [5.41, 5.74) is 2.18. The van der Waals surface area contributed by atoms with Crippen LogP contribution in [-0.2, 0) is 36.8 Å². The molecule has 0 amide bonds. The van der Waals surface area contributed by atoms with Gasteiger partial charge in [0.1, 0.15) is 17.8 Å². The Balaban J connectivity index is 2.12. The first-order valence-electron chi connectivity index (χ1n) is 14.1. The second-order valence-electron chi connectivity index (χ2n) is 11.5. The molecule has 216 valence electrons. The molecule has 0 radical (unpaired) electrons. The van der Waals surface area contributed by atoms with Crippen molar-refractivity contribution in [3.63, 3.8) is 0 Å². The Morgan fingerprint density at radius 3 is 2.49 bits per heavy atom. The zero-order valence-corrected chi connectivity index (χ0v) is 24.8. The molecule has 0 aliphatic carbocycles. The summed E-state index contributed by atoms with van der Waals surface area (Å²) < 4.78 is 16.6. The summed E-state index contributed by atoms with van der Waals surface area (Å²) in [6.45, 7) is 11.7. The van der Waals surface area contributed by atoms with E-state index in [2.05, 4.69) is 37.3 Å². The molecule has 1 N–H and O–H groups in total. The third kappa shape index (κ3) is 11.5. The van der Waals surface area contributed by atoms with E-state index in [0.29, 0.717) is 25.4 Å². The molecule has 0 saturated heterocycles. The van der Waals surface area contributed by atoms with E-state index in [1.54, 1.807) is 20.1 Å². The van der Waals surface area contributed by atoms with Crippen LogP contribution in [0.4, 0.5) is 0 Å². The van der Waals surface area contributed by atoms with E-state index in [9.17, 15) is 14.7 Å². The smallest absolute Gasteiger partial charge is 0.306 e. The van der Waals surface area contributed by atoms with Crippen LogP contribution < -0.4 is 0 Å². The van der Waals surface area contributed by atoms with E-state index in [4.69, 9.17) is 14.2 Å². The molecule has 0 fully saturated rings. The standard InChI is InChI=1S/C33H48O6/c1-23(11-13-28-14-16-29(17-15-28)22-37-7)9-8-10-25(3)32-26(4)12-18-30(38-27(5)34)33(6,36)20-19-24(2)21-31(35)39-32/h8-10,12,14-18,23-24,26,30,32,36H,11,13,19-22H2,1-7H3/b9-8+,18-12+,25-10+/t23?,24-,26+,30+,32-,33-/m1/s1. The van der Waals surface area contributed by atoms with Crippen LogP contribution in [0, 0.1) is 17.8 Å². The molecule has 0 spiro atoms. The number of methoxy groups -OCH3 is 1. The number of carbonyl (C=O) groups excluding carboxylic acids is 2. The molecule has 1 heterocycles. The van der Waals surface area contributed by atoms with E-state index in [-0.39, 0.29) is 24.2 Å². The van der Waals surface area contributed by atoms with E-state index >= 15 is 0 Å². The fraction of sp³-hybridized carbons (Fsp3) is 0.576. The second kappa shape index (κ2) is 15.8. The molecule has 0 aromatic heterocycles. The highest BCUT2D eigenvalue weighted by atomic mass is 16.6. The summed E-state index contributed by atoms with van der Waals surface area (Å²) in [4.78, 5) is 24.5. The Kier molecular flexibility index (Phi) is 13.2. The molecule has 2 rings (SSSR count). The molecular formula is C33H48O6. The average Bonchev–Trinajstić information content (AvgIpc) is 2.87. The lowest BCUT2D eigenvalue weighted by Crippen LogP contribution is -2.41. The zero-order chi connectivity index (χ0) is 29.0. The van der Waals surface area contributed by atoms with Crippen LogP contribution in [0.15, 0.2) is 60.2 Å². The van der Waals surface area contributed by atoms with Crippen molar-refractivity contribution < 1.29 is 28.9 Å². The number of aryl methyl sites for hydroxylation is 1. The van der Waals surface area contributed by atoms with Gasteiger partial charge < -0.3 is 19.3 Å². The predicted molar refractivity (Wildman–Crippen MR) is 155 cm³/mol. The Labute approximate surface area is 235 Å². The molecule has 1 aromatic rings. The van der Waals surface area contributed by atoms with E-state index in [1.165, 1.54) is 18.1 Å². The third-order valence-electron chi connectivity index (χ3n) is 7.36. The van der Waals surface area contributed by atoms with Gasteiger partial charge in [0.25, 0.3) is 0 Å². The van der Waals surface area contributed by atoms with Crippen molar-refractivity contribution in [1.82, 2.24) is 0 Å². The summed E-state index contributed by atoms with van der Waals surface area (Å²) in [6, 6.07) is 8.55. The molecule has 1 aliphatic rings. The quantitative estimate of drug-likeness (QED) is 0.218. The van der Waals surface area contributed by atoms with E-state index in [1.807, 2.05) is 39.0 Å². The number of esters is 2. The molecular weight excluding hydrogens is 492 g/mol. The van der Waals surface area contributed by atoms with Gasteiger partial charge >= 0.3 is 11.9 Å². The van der Waals surface area contributed by atoms with Crippen LogP contribution >= 0.6 is 0 Å². The van der Waals surface area contributed by atoms with Crippen molar-refractivity contribution >= 4 is 11.9 Å². The van der Waals surface area contributed by atoms with Gasteiger partial charge in [-0.3, -0.25) is 9.59 Å². The van der Waals surface area contributed by atoms with E-state index in [0.717, 1.165) is 18.4 Å². The van der Waals surface area contributed by atoms with Gasteiger partial charge in [-0.1, -0.05) is 69.3 Å². The molecule has 1 unspecified atom stereocenters. The van der Waals surface area contributed by atoms with Gasteiger partial charge in [-0.25, -0.2) is 0 Å². The van der Waals surface area contributed by atoms with Crippen molar-refractivity contribution in [3.8, 4) is 0 Å². The molecule has 0 bridgehead atoms.